The highest BCUT2D eigenvalue weighted by molar-refractivity contribution is 5.96. The van der Waals surface area contributed by atoms with Gasteiger partial charge in [0.05, 0.1) is 12.7 Å². The molecule has 3 N–H and O–H groups in total. The number of ether oxygens (including phenoxy) is 1. The summed E-state index contributed by atoms with van der Waals surface area (Å²) in [6.07, 6.45) is 7.76. The Morgan fingerprint density at radius 1 is 1.03 bits per heavy atom. The van der Waals surface area contributed by atoms with Gasteiger partial charge in [-0.3, -0.25) is 9.59 Å². The zero-order chi connectivity index (χ0) is 24.4. The molecular formula is C27H35N5O3. The molecule has 35 heavy (non-hydrogen) atoms. The van der Waals surface area contributed by atoms with Gasteiger partial charge < -0.3 is 25.6 Å². The number of nitrogens with one attached hydrogen (secondary N) is 3. The monoisotopic (exact) mass is 477 g/mol. The number of anilines is 1. The predicted octanol–water partition coefficient (Wildman–Crippen LogP) is 2.81. The average Bonchev–Trinajstić information content (AvgIpc) is 3.14. The fourth-order valence-electron chi connectivity index (χ4n) is 5.93. The lowest BCUT2D eigenvalue weighted by atomic mass is 9.96. The number of carbonyl (C=O) groups is 2. The van der Waals surface area contributed by atoms with Crippen LogP contribution in [0, 0.1) is 6.92 Å². The highest BCUT2D eigenvalue weighted by Crippen LogP contribution is 2.38. The lowest BCUT2D eigenvalue weighted by molar-refractivity contribution is 0.0920. The largest absolute Gasteiger partial charge is 0.496 e. The number of fused-ring (bicyclic) bond motifs is 2. The van der Waals surface area contributed by atoms with Crippen molar-refractivity contribution in [3.8, 4) is 5.75 Å². The van der Waals surface area contributed by atoms with Crippen molar-refractivity contribution in [3.05, 3.63) is 53.2 Å². The molecule has 0 radical (unpaired) electrons. The number of benzene rings is 1. The summed E-state index contributed by atoms with van der Waals surface area (Å²) in [4.78, 5) is 32.7. The van der Waals surface area contributed by atoms with Crippen LogP contribution in [0.5, 0.6) is 5.75 Å². The van der Waals surface area contributed by atoms with Crippen LogP contribution in [0.4, 0.5) is 5.82 Å². The van der Waals surface area contributed by atoms with Crippen molar-refractivity contribution in [1.82, 2.24) is 20.9 Å². The Hall–Kier alpha value is -3.13. The summed E-state index contributed by atoms with van der Waals surface area (Å²) in [5.41, 5.74) is 2.13. The van der Waals surface area contributed by atoms with Crippen LogP contribution in [0.2, 0.25) is 0 Å². The molecule has 0 aliphatic carbocycles. The molecule has 1 aromatic carbocycles. The molecule has 2 unspecified atom stereocenters. The normalized spacial score (nSPS) is 25.7. The molecule has 5 rings (SSSR count). The second-order valence-electron chi connectivity index (χ2n) is 9.99. The third-order valence-electron chi connectivity index (χ3n) is 7.72. The molecule has 3 aliphatic heterocycles. The van der Waals surface area contributed by atoms with Crippen molar-refractivity contribution < 1.29 is 14.3 Å². The van der Waals surface area contributed by atoms with Crippen LogP contribution < -0.4 is 25.6 Å². The number of piperidine rings is 2. The van der Waals surface area contributed by atoms with Gasteiger partial charge in [-0.2, -0.15) is 0 Å². The number of hydrogen-bond acceptors (Lipinski definition) is 6. The maximum atomic E-state index is 13.0. The summed E-state index contributed by atoms with van der Waals surface area (Å²) in [5.74, 6) is 1.55. The van der Waals surface area contributed by atoms with Crippen LogP contribution in [0.25, 0.3) is 0 Å². The van der Waals surface area contributed by atoms with Gasteiger partial charge in [0.25, 0.3) is 11.8 Å². The molecule has 8 heteroatoms. The molecular weight excluding hydrogens is 442 g/mol. The summed E-state index contributed by atoms with van der Waals surface area (Å²) in [6, 6.07) is 10.4. The van der Waals surface area contributed by atoms with E-state index in [1.165, 1.54) is 0 Å². The van der Waals surface area contributed by atoms with Crippen LogP contribution >= 0.6 is 0 Å². The van der Waals surface area contributed by atoms with Gasteiger partial charge in [0.1, 0.15) is 11.6 Å². The number of carbonyl (C=O) groups excluding carboxylic acids is 2. The van der Waals surface area contributed by atoms with Gasteiger partial charge in [-0.1, -0.05) is 6.07 Å². The van der Waals surface area contributed by atoms with Crippen molar-refractivity contribution in [3.63, 3.8) is 0 Å². The smallest absolute Gasteiger partial charge is 0.253 e. The highest BCUT2D eigenvalue weighted by atomic mass is 16.5. The SMILES string of the molecule is COc1cccc(C(=O)NC2C[C@H]3CC[C@@H](C2)N3c2ccc(C(=O)NC3CCCNC3)cn2)c1C. The molecule has 2 bridgehead atoms. The van der Waals surface area contributed by atoms with Crippen molar-refractivity contribution in [1.29, 1.82) is 0 Å². The van der Waals surface area contributed by atoms with E-state index in [0.29, 0.717) is 23.2 Å². The van der Waals surface area contributed by atoms with Crippen LogP contribution in [-0.2, 0) is 0 Å². The van der Waals surface area contributed by atoms with E-state index in [-0.39, 0.29) is 23.9 Å². The van der Waals surface area contributed by atoms with Gasteiger partial charge in [-0.25, -0.2) is 4.98 Å². The molecule has 0 spiro atoms. The van der Waals surface area contributed by atoms with E-state index in [2.05, 4.69) is 25.8 Å². The van der Waals surface area contributed by atoms with E-state index in [9.17, 15) is 9.59 Å². The molecule has 0 saturated carbocycles. The molecule has 2 aromatic rings. The first-order valence-electron chi connectivity index (χ1n) is 12.7. The van der Waals surface area contributed by atoms with E-state index in [1.54, 1.807) is 13.3 Å². The van der Waals surface area contributed by atoms with Gasteiger partial charge in [-0.15, -0.1) is 0 Å². The minimum absolute atomic E-state index is 0.0408. The molecule has 1 aromatic heterocycles. The van der Waals surface area contributed by atoms with Gasteiger partial charge in [-0.05, 0) is 76.3 Å². The zero-order valence-corrected chi connectivity index (χ0v) is 20.5. The summed E-state index contributed by atoms with van der Waals surface area (Å²) in [6.45, 7) is 3.76. The first kappa shape index (κ1) is 23.6. The Bertz CT molecular complexity index is 1050. The highest BCUT2D eigenvalue weighted by Gasteiger charge is 2.42. The van der Waals surface area contributed by atoms with Crippen LogP contribution in [0.1, 0.15) is 64.8 Å². The number of aromatic nitrogens is 1. The summed E-state index contributed by atoms with van der Waals surface area (Å²) >= 11 is 0. The molecule has 3 fully saturated rings. The van der Waals surface area contributed by atoms with Crippen molar-refractivity contribution in [2.75, 3.05) is 25.1 Å². The number of amides is 2. The fourth-order valence-corrected chi connectivity index (χ4v) is 5.93. The average molecular weight is 478 g/mol. The summed E-state index contributed by atoms with van der Waals surface area (Å²) < 4.78 is 5.37. The second kappa shape index (κ2) is 10.2. The molecule has 4 atom stereocenters. The van der Waals surface area contributed by atoms with Crippen LogP contribution in [0.3, 0.4) is 0 Å². The quantitative estimate of drug-likeness (QED) is 0.592. The Balaban J connectivity index is 1.20. The van der Waals surface area contributed by atoms with E-state index in [4.69, 9.17) is 4.74 Å². The zero-order valence-electron chi connectivity index (χ0n) is 20.5. The van der Waals surface area contributed by atoms with Crippen LogP contribution in [-0.4, -0.2) is 61.2 Å². The Kier molecular flexibility index (Phi) is 6.90. The standard InChI is InChI=1S/C27H35N5O3/c1-17-23(6-3-7-24(17)35-2)27(34)31-20-13-21-9-10-22(14-20)32(21)25-11-8-18(15-29-25)26(33)30-19-5-4-12-28-16-19/h3,6-8,11,15,19-22,28H,4-5,9-10,12-14,16H2,1-2H3,(H,30,33)(H,31,34)/t19?,20?,21-,22+. The van der Waals surface area contributed by atoms with E-state index in [1.807, 2.05) is 37.3 Å². The summed E-state index contributed by atoms with van der Waals surface area (Å²) in [7, 11) is 1.62. The number of nitrogens with zero attached hydrogens (tertiary/aromatic N) is 2. The van der Waals surface area contributed by atoms with Crippen LogP contribution in [0.15, 0.2) is 36.5 Å². The number of hydrogen-bond donors (Lipinski definition) is 3. The van der Waals surface area contributed by atoms with E-state index in [0.717, 1.165) is 68.7 Å². The maximum Gasteiger partial charge on any atom is 0.253 e. The number of rotatable bonds is 6. The van der Waals surface area contributed by atoms with Gasteiger partial charge in [0.2, 0.25) is 0 Å². The topological polar surface area (TPSA) is 95.6 Å². The molecule has 2 amide bonds. The fraction of sp³-hybridized carbons (Fsp3) is 0.519. The second-order valence-corrected chi connectivity index (χ2v) is 9.99. The lowest BCUT2D eigenvalue weighted by Crippen LogP contribution is -2.51. The molecule has 3 aliphatic rings. The minimum atomic E-state index is -0.0602. The van der Waals surface area contributed by atoms with Crippen molar-refractivity contribution in [2.24, 2.45) is 0 Å². The van der Waals surface area contributed by atoms with Crippen molar-refractivity contribution >= 4 is 17.6 Å². The first-order valence-corrected chi connectivity index (χ1v) is 12.7. The maximum absolute atomic E-state index is 13.0. The predicted molar refractivity (Wildman–Crippen MR) is 135 cm³/mol. The molecule has 8 nitrogen and oxygen atoms in total. The molecule has 3 saturated heterocycles. The number of pyridine rings is 1. The first-order chi connectivity index (χ1) is 17.0. The van der Waals surface area contributed by atoms with Crippen molar-refractivity contribution in [2.45, 2.75) is 69.6 Å². The molecule has 186 valence electrons. The van der Waals surface area contributed by atoms with Gasteiger partial charge in [0, 0.05) is 48.0 Å². The lowest BCUT2D eigenvalue weighted by Gasteiger charge is -2.40. The van der Waals surface area contributed by atoms with E-state index >= 15 is 0 Å². The third-order valence-corrected chi connectivity index (χ3v) is 7.72. The molecule has 4 heterocycles. The summed E-state index contributed by atoms with van der Waals surface area (Å²) in [5, 5.41) is 9.70. The van der Waals surface area contributed by atoms with E-state index < -0.39 is 0 Å². The van der Waals surface area contributed by atoms with Gasteiger partial charge in [0.15, 0.2) is 0 Å². The minimum Gasteiger partial charge on any atom is -0.496 e. The van der Waals surface area contributed by atoms with Gasteiger partial charge >= 0.3 is 0 Å². The number of methoxy groups -OCH3 is 1. The Labute approximate surface area is 206 Å². The third kappa shape index (κ3) is 4.98. The Morgan fingerprint density at radius 2 is 1.80 bits per heavy atom. The Morgan fingerprint density at radius 3 is 2.46 bits per heavy atom.